The molecule has 112 valence electrons. The number of thiazole rings is 1. The van der Waals surface area contributed by atoms with Crippen molar-refractivity contribution in [2.45, 2.75) is 0 Å². The molecule has 1 aromatic carbocycles. The fourth-order valence-electron chi connectivity index (χ4n) is 1.78. The first-order valence-corrected chi connectivity index (χ1v) is 7.45. The van der Waals surface area contributed by atoms with Crippen molar-refractivity contribution in [1.82, 2.24) is 9.97 Å². The molecule has 0 bridgehead atoms. The fraction of sp³-hybridized carbons (Fsp3) is 0.133. The van der Waals surface area contributed by atoms with Crippen LogP contribution in [-0.4, -0.2) is 30.3 Å². The van der Waals surface area contributed by atoms with Crippen LogP contribution in [0.2, 0.25) is 0 Å². The van der Waals surface area contributed by atoms with E-state index in [9.17, 15) is 0 Å². The third kappa shape index (κ3) is 3.32. The SMILES string of the molecule is CN(C)c1ncc(C=NNc2ccc(-c3cnco3)cc2)s1. The van der Waals surface area contributed by atoms with Gasteiger partial charge in [0.1, 0.15) is 0 Å². The molecule has 0 saturated carbocycles. The second-order valence-corrected chi connectivity index (χ2v) is 5.79. The lowest BCUT2D eigenvalue weighted by atomic mass is 10.2. The molecule has 0 spiro atoms. The zero-order valence-electron chi connectivity index (χ0n) is 12.2. The number of benzene rings is 1. The summed E-state index contributed by atoms with van der Waals surface area (Å²) in [6.07, 6.45) is 6.67. The number of aromatic nitrogens is 2. The van der Waals surface area contributed by atoms with Gasteiger partial charge in [0.05, 0.1) is 23.0 Å². The Hall–Kier alpha value is -2.67. The maximum absolute atomic E-state index is 5.25. The first-order chi connectivity index (χ1) is 10.7. The van der Waals surface area contributed by atoms with Crippen LogP contribution in [-0.2, 0) is 0 Å². The third-order valence-corrected chi connectivity index (χ3v) is 3.98. The Labute approximate surface area is 132 Å². The normalized spacial score (nSPS) is 11.0. The van der Waals surface area contributed by atoms with Crippen molar-refractivity contribution in [1.29, 1.82) is 0 Å². The molecule has 3 aromatic rings. The molecule has 3 rings (SSSR count). The van der Waals surface area contributed by atoms with Crippen molar-refractivity contribution in [3.63, 3.8) is 0 Å². The summed E-state index contributed by atoms with van der Waals surface area (Å²) in [4.78, 5) is 11.2. The zero-order chi connectivity index (χ0) is 15.4. The van der Waals surface area contributed by atoms with Crippen molar-refractivity contribution in [2.75, 3.05) is 24.4 Å². The lowest BCUT2D eigenvalue weighted by Gasteiger charge is -2.04. The summed E-state index contributed by atoms with van der Waals surface area (Å²) in [5.74, 6) is 0.746. The molecular weight excluding hydrogens is 298 g/mol. The molecule has 2 heterocycles. The van der Waals surface area contributed by atoms with E-state index in [4.69, 9.17) is 4.42 Å². The lowest BCUT2D eigenvalue weighted by Crippen LogP contribution is -2.07. The smallest absolute Gasteiger partial charge is 0.185 e. The molecule has 0 aliphatic carbocycles. The van der Waals surface area contributed by atoms with E-state index >= 15 is 0 Å². The summed E-state index contributed by atoms with van der Waals surface area (Å²) in [7, 11) is 3.93. The molecule has 0 aliphatic rings. The molecule has 0 atom stereocenters. The maximum atomic E-state index is 5.25. The van der Waals surface area contributed by atoms with Crippen molar-refractivity contribution in [3.8, 4) is 11.3 Å². The molecule has 0 radical (unpaired) electrons. The summed E-state index contributed by atoms with van der Waals surface area (Å²) in [6.45, 7) is 0. The average molecular weight is 313 g/mol. The Bertz CT molecular complexity index is 747. The molecular formula is C15H15N5OS. The van der Waals surface area contributed by atoms with Crippen LogP contribution >= 0.6 is 11.3 Å². The quantitative estimate of drug-likeness (QED) is 0.578. The van der Waals surface area contributed by atoms with Crippen LogP contribution in [0.15, 0.2) is 52.6 Å². The highest BCUT2D eigenvalue weighted by Crippen LogP contribution is 2.21. The highest BCUT2D eigenvalue weighted by Gasteiger charge is 2.02. The summed E-state index contributed by atoms with van der Waals surface area (Å²) in [5.41, 5.74) is 4.87. The van der Waals surface area contributed by atoms with E-state index in [-0.39, 0.29) is 0 Å². The van der Waals surface area contributed by atoms with Crippen molar-refractivity contribution in [2.24, 2.45) is 5.10 Å². The van der Waals surface area contributed by atoms with Gasteiger partial charge in [-0.25, -0.2) is 9.97 Å². The van der Waals surface area contributed by atoms with Crippen molar-refractivity contribution in [3.05, 3.63) is 47.9 Å². The van der Waals surface area contributed by atoms with Gasteiger partial charge in [-0.1, -0.05) is 11.3 Å². The predicted octanol–water partition coefficient (Wildman–Crippen LogP) is 3.31. The molecule has 6 nitrogen and oxygen atoms in total. The van der Waals surface area contributed by atoms with E-state index in [2.05, 4.69) is 20.5 Å². The second-order valence-electron chi connectivity index (χ2n) is 4.75. The predicted molar refractivity (Wildman–Crippen MR) is 89.6 cm³/mol. The molecule has 0 fully saturated rings. The van der Waals surface area contributed by atoms with E-state index in [1.54, 1.807) is 29.9 Å². The van der Waals surface area contributed by atoms with Crippen LogP contribution in [0, 0.1) is 0 Å². The number of anilines is 2. The molecule has 2 aromatic heterocycles. The van der Waals surface area contributed by atoms with Crippen molar-refractivity contribution >= 4 is 28.4 Å². The topological polar surface area (TPSA) is 66.6 Å². The van der Waals surface area contributed by atoms with Gasteiger partial charge in [0.2, 0.25) is 0 Å². The van der Waals surface area contributed by atoms with Crippen LogP contribution in [0.4, 0.5) is 10.8 Å². The van der Waals surface area contributed by atoms with Crippen molar-refractivity contribution < 1.29 is 4.42 Å². The van der Waals surface area contributed by atoms with Crippen LogP contribution in [0.1, 0.15) is 4.88 Å². The monoisotopic (exact) mass is 313 g/mol. The van der Waals surface area contributed by atoms with Gasteiger partial charge in [-0.15, -0.1) is 0 Å². The molecule has 0 unspecified atom stereocenters. The Morgan fingerprint density at radius 2 is 2.05 bits per heavy atom. The van der Waals surface area contributed by atoms with E-state index in [0.29, 0.717) is 0 Å². The number of nitrogens with one attached hydrogen (secondary N) is 1. The van der Waals surface area contributed by atoms with Gasteiger partial charge in [0, 0.05) is 25.9 Å². The van der Waals surface area contributed by atoms with E-state index in [1.165, 1.54) is 6.39 Å². The Morgan fingerprint density at radius 1 is 1.23 bits per heavy atom. The van der Waals surface area contributed by atoms with Gasteiger partial charge in [-0.05, 0) is 24.3 Å². The Kier molecular flexibility index (Phi) is 4.15. The highest BCUT2D eigenvalue weighted by atomic mass is 32.1. The first kappa shape index (κ1) is 14.3. The minimum Gasteiger partial charge on any atom is -0.444 e. The number of oxazole rings is 1. The number of nitrogens with zero attached hydrogens (tertiary/aromatic N) is 4. The van der Waals surface area contributed by atoms with Gasteiger partial charge in [-0.3, -0.25) is 5.43 Å². The van der Waals surface area contributed by atoms with Gasteiger partial charge in [0.15, 0.2) is 17.3 Å². The highest BCUT2D eigenvalue weighted by molar-refractivity contribution is 7.17. The van der Waals surface area contributed by atoms with Crippen LogP contribution < -0.4 is 10.3 Å². The molecule has 22 heavy (non-hydrogen) atoms. The van der Waals surface area contributed by atoms with Crippen LogP contribution in [0.5, 0.6) is 0 Å². The molecule has 0 aliphatic heterocycles. The largest absolute Gasteiger partial charge is 0.444 e. The van der Waals surface area contributed by atoms with Crippen LogP contribution in [0.3, 0.4) is 0 Å². The number of hydrogen-bond acceptors (Lipinski definition) is 7. The van der Waals surface area contributed by atoms with E-state index < -0.39 is 0 Å². The van der Waals surface area contributed by atoms with Gasteiger partial charge in [0.25, 0.3) is 0 Å². The summed E-state index contributed by atoms with van der Waals surface area (Å²) in [6, 6.07) is 7.78. The van der Waals surface area contributed by atoms with Gasteiger partial charge < -0.3 is 9.32 Å². The number of hydrazone groups is 1. The Morgan fingerprint density at radius 3 is 2.68 bits per heavy atom. The third-order valence-electron chi connectivity index (χ3n) is 2.88. The minimum atomic E-state index is 0.746. The second kappa shape index (κ2) is 6.40. The standard InChI is InChI=1S/C15H15N5OS/c1-20(2)15-17-7-13(22-15)8-18-19-12-5-3-11(4-6-12)14-9-16-10-21-14/h3-10,19H,1-2H3. The maximum Gasteiger partial charge on any atom is 0.185 e. The summed E-state index contributed by atoms with van der Waals surface area (Å²) >= 11 is 1.58. The Balaban J connectivity index is 1.62. The van der Waals surface area contributed by atoms with Crippen LogP contribution in [0.25, 0.3) is 11.3 Å². The molecule has 0 saturated heterocycles. The number of rotatable bonds is 5. The van der Waals surface area contributed by atoms with E-state index in [0.717, 1.165) is 27.0 Å². The van der Waals surface area contributed by atoms with Gasteiger partial charge >= 0.3 is 0 Å². The molecule has 7 heteroatoms. The number of hydrogen-bond donors (Lipinski definition) is 1. The minimum absolute atomic E-state index is 0.746. The fourth-order valence-corrected chi connectivity index (χ4v) is 2.49. The summed E-state index contributed by atoms with van der Waals surface area (Å²) < 4.78 is 5.25. The average Bonchev–Trinajstić information content (AvgIpc) is 3.19. The summed E-state index contributed by atoms with van der Waals surface area (Å²) in [5, 5.41) is 5.17. The zero-order valence-corrected chi connectivity index (χ0v) is 13.0. The van der Waals surface area contributed by atoms with Gasteiger partial charge in [-0.2, -0.15) is 5.10 Å². The molecule has 0 amide bonds. The van der Waals surface area contributed by atoms with E-state index in [1.807, 2.05) is 43.3 Å². The molecule has 1 N–H and O–H groups in total. The lowest BCUT2D eigenvalue weighted by molar-refractivity contribution is 0.572. The first-order valence-electron chi connectivity index (χ1n) is 6.63.